The van der Waals surface area contributed by atoms with Crippen molar-refractivity contribution in [2.45, 2.75) is 46.2 Å². The van der Waals surface area contributed by atoms with Crippen LogP contribution in [0.15, 0.2) is 34.7 Å². The molecule has 0 saturated carbocycles. The van der Waals surface area contributed by atoms with E-state index in [1.54, 1.807) is 0 Å². The molecule has 3 nitrogen and oxygen atoms in total. The van der Waals surface area contributed by atoms with Gasteiger partial charge >= 0.3 is 0 Å². The molecule has 0 aliphatic rings. The van der Waals surface area contributed by atoms with Crippen LogP contribution < -0.4 is 5.32 Å². The molecule has 3 heteroatoms. The van der Waals surface area contributed by atoms with Gasteiger partial charge in [-0.3, -0.25) is 0 Å². The highest BCUT2D eigenvalue weighted by Gasteiger charge is 2.26. The Balaban J connectivity index is 2.15. The lowest BCUT2D eigenvalue weighted by Gasteiger charge is -2.33. The fourth-order valence-electron chi connectivity index (χ4n) is 2.50. The van der Waals surface area contributed by atoms with Crippen LogP contribution in [-0.4, -0.2) is 17.8 Å². The van der Waals surface area contributed by atoms with Crippen LogP contribution in [0.3, 0.4) is 0 Å². The van der Waals surface area contributed by atoms with E-state index in [1.165, 1.54) is 0 Å². The minimum atomic E-state index is 0.100. The van der Waals surface area contributed by atoms with Gasteiger partial charge in [-0.05, 0) is 30.9 Å². The zero-order valence-electron chi connectivity index (χ0n) is 12.8. The molecule has 2 N–H and O–H groups in total. The van der Waals surface area contributed by atoms with Gasteiger partial charge < -0.3 is 14.8 Å². The van der Waals surface area contributed by atoms with Gasteiger partial charge in [0, 0.05) is 18.0 Å². The molecule has 2 unspecified atom stereocenters. The quantitative estimate of drug-likeness (QED) is 0.870. The number of rotatable bonds is 5. The van der Waals surface area contributed by atoms with Crippen LogP contribution in [0, 0.1) is 5.41 Å². The molecule has 1 aromatic heterocycles. The van der Waals surface area contributed by atoms with Crippen molar-refractivity contribution < 1.29 is 9.52 Å². The summed E-state index contributed by atoms with van der Waals surface area (Å²) in [5.41, 5.74) is 1.02. The summed E-state index contributed by atoms with van der Waals surface area (Å²) in [7, 11) is 0. The highest BCUT2D eigenvalue weighted by molar-refractivity contribution is 5.77. The summed E-state index contributed by atoms with van der Waals surface area (Å²) in [6.45, 7) is 8.86. The third-order valence-corrected chi connectivity index (χ3v) is 3.79. The van der Waals surface area contributed by atoms with E-state index in [4.69, 9.17) is 4.42 Å². The summed E-state index contributed by atoms with van der Waals surface area (Å²) >= 11 is 0. The molecular formula is C17H25NO2. The summed E-state index contributed by atoms with van der Waals surface area (Å²) in [6.07, 6.45) is 0.744. The van der Waals surface area contributed by atoms with Crippen LogP contribution in [0.25, 0.3) is 11.0 Å². The SMILES string of the molecule is CC(NC(CCO)C(C)(C)C)c1cc2ccccc2o1. The normalized spacial score (nSPS) is 15.4. The van der Waals surface area contributed by atoms with Gasteiger partial charge in [0.2, 0.25) is 0 Å². The first-order chi connectivity index (χ1) is 9.41. The Morgan fingerprint density at radius 3 is 2.55 bits per heavy atom. The van der Waals surface area contributed by atoms with E-state index >= 15 is 0 Å². The second-order valence-electron chi connectivity index (χ2n) is 6.51. The summed E-state index contributed by atoms with van der Waals surface area (Å²) < 4.78 is 5.90. The van der Waals surface area contributed by atoms with Gasteiger partial charge in [-0.1, -0.05) is 39.0 Å². The predicted molar refractivity (Wildman–Crippen MR) is 82.7 cm³/mol. The average molecular weight is 275 g/mol. The Morgan fingerprint density at radius 1 is 1.25 bits per heavy atom. The molecule has 2 atom stereocenters. The van der Waals surface area contributed by atoms with Crippen molar-refractivity contribution >= 4 is 11.0 Å². The molecule has 0 amide bonds. The summed E-state index contributed by atoms with van der Waals surface area (Å²) in [5, 5.41) is 13.9. The predicted octanol–water partition coefficient (Wildman–Crippen LogP) is 3.88. The largest absolute Gasteiger partial charge is 0.459 e. The lowest BCUT2D eigenvalue weighted by atomic mass is 9.84. The fourth-order valence-corrected chi connectivity index (χ4v) is 2.50. The van der Waals surface area contributed by atoms with Gasteiger partial charge in [0.15, 0.2) is 0 Å². The first-order valence-electron chi connectivity index (χ1n) is 7.27. The lowest BCUT2D eigenvalue weighted by Crippen LogP contribution is -2.42. The van der Waals surface area contributed by atoms with Gasteiger partial charge in [-0.2, -0.15) is 0 Å². The molecule has 1 heterocycles. The molecule has 0 fully saturated rings. The highest BCUT2D eigenvalue weighted by Crippen LogP contribution is 2.27. The number of benzene rings is 1. The van der Waals surface area contributed by atoms with E-state index in [0.717, 1.165) is 23.2 Å². The van der Waals surface area contributed by atoms with Gasteiger partial charge in [0.1, 0.15) is 11.3 Å². The van der Waals surface area contributed by atoms with Crippen molar-refractivity contribution in [3.8, 4) is 0 Å². The minimum absolute atomic E-state index is 0.100. The van der Waals surface area contributed by atoms with Crippen molar-refractivity contribution in [2.75, 3.05) is 6.61 Å². The maximum absolute atomic E-state index is 9.23. The standard InChI is InChI=1S/C17H25NO2/c1-12(18-16(9-10-19)17(2,3)4)15-11-13-7-5-6-8-14(13)20-15/h5-8,11-12,16,18-19H,9-10H2,1-4H3. The number of aliphatic hydroxyl groups is 1. The molecule has 0 bridgehead atoms. The Kier molecular flexibility index (Phi) is 4.51. The molecule has 0 aliphatic carbocycles. The van der Waals surface area contributed by atoms with Gasteiger partial charge in [-0.25, -0.2) is 0 Å². The molecule has 2 aromatic rings. The second kappa shape index (κ2) is 5.98. The number of aliphatic hydroxyl groups excluding tert-OH is 1. The monoisotopic (exact) mass is 275 g/mol. The molecule has 1 aromatic carbocycles. The summed E-state index contributed by atoms with van der Waals surface area (Å²) in [6, 6.07) is 10.5. The van der Waals surface area contributed by atoms with Crippen LogP contribution in [0.4, 0.5) is 0 Å². The van der Waals surface area contributed by atoms with Crippen LogP contribution >= 0.6 is 0 Å². The molecule has 0 spiro atoms. The smallest absolute Gasteiger partial charge is 0.134 e. The van der Waals surface area contributed by atoms with E-state index in [1.807, 2.05) is 18.2 Å². The van der Waals surface area contributed by atoms with E-state index in [2.05, 4.69) is 45.1 Å². The molecule has 110 valence electrons. The Labute approximate surface area is 121 Å². The van der Waals surface area contributed by atoms with Crippen molar-refractivity contribution in [1.82, 2.24) is 5.32 Å². The van der Waals surface area contributed by atoms with Crippen molar-refractivity contribution in [1.29, 1.82) is 0 Å². The molecule has 0 saturated heterocycles. The first kappa shape index (κ1) is 15.1. The maximum Gasteiger partial charge on any atom is 0.134 e. The van der Waals surface area contributed by atoms with E-state index in [0.29, 0.717) is 0 Å². The molecular weight excluding hydrogens is 250 g/mol. The fraction of sp³-hybridized carbons (Fsp3) is 0.529. The van der Waals surface area contributed by atoms with Gasteiger partial charge in [0.05, 0.1) is 6.04 Å². The Morgan fingerprint density at radius 2 is 1.95 bits per heavy atom. The maximum atomic E-state index is 9.23. The van der Waals surface area contributed by atoms with Crippen molar-refractivity contribution in [3.05, 3.63) is 36.1 Å². The third kappa shape index (κ3) is 3.41. The topological polar surface area (TPSA) is 45.4 Å². The van der Waals surface area contributed by atoms with Crippen LogP contribution in [0.1, 0.15) is 45.9 Å². The Hall–Kier alpha value is -1.32. The number of hydrogen-bond donors (Lipinski definition) is 2. The number of hydrogen-bond acceptors (Lipinski definition) is 3. The second-order valence-corrected chi connectivity index (χ2v) is 6.51. The Bertz CT molecular complexity index is 520. The molecule has 0 aliphatic heterocycles. The number of nitrogens with one attached hydrogen (secondary N) is 1. The average Bonchev–Trinajstić information content (AvgIpc) is 2.80. The lowest BCUT2D eigenvalue weighted by molar-refractivity contribution is 0.184. The van der Waals surface area contributed by atoms with Crippen molar-refractivity contribution in [3.63, 3.8) is 0 Å². The van der Waals surface area contributed by atoms with E-state index < -0.39 is 0 Å². The van der Waals surface area contributed by atoms with E-state index in [9.17, 15) is 5.11 Å². The molecule has 20 heavy (non-hydrogen) atoms. The van der Waals surface area contributed by atoms with E-state index in [-0.39, 0.29) is 24.1 Å². The molecule has 2 rings (SSSR count). The number of furan rings is 1. The first-order valence-corrected chi connectivity index (χ1v) is 7.27. The van der Waals surface area contributed by atoms with Gasteiger partial charge in [0.25, 0.3) is 0 Å². The third-order valence-electron chi connectivity index (χ3n) is 3.79. The highest BCUT2D eigenvalue weighted by atomic mass is 16.3. The van der Waals surface area contributed by atoms with Crippen LogP contribution in [0.2, 0.25) is 0 Å². The van der Waals surface area contributed by atoms with Crippen LogP contribution in [0.5, 0.6) is 0 Å². The van der Waals surface area contributed by atoms with Crippen molar-refractivity contribution in [2.24, 2.45) is 5.41 Å². The molecule has 0 radical (unpaired) electrons. The number of fused-ring (bicyclic) bond motifs is 1. The summed E-state index contributed by atoms with van der Waals surface area (Å²) in [4.78, 5) is 0. The zero-order valence-corrected chi connectivity index (χ0v) is 12.8. The minimum Gasteiger partial charge on any atom is -0.459 e. The zero-order chi connectivity index (χ0) is 14.8. The van der Waals surface area contributed by atoms with Crippen LogP contribution in [-0.2, 0) is 0 Å². The summed E-state index contributed by atoms with van der Waals surface area (Å²) in [5.74, 6) is 0.943. The van der Waals surface area contributed by atoms with Gasteiger partial charge in [-0.15, -0.1) is 0 Å². The number of para-hydroxylation sites is 1.